The minimum absolute atomic E-state index is 0.161. The molecular formula is C17H18ClF. The summed E-state index contributed by atoms with van der Waals surface area (Å²) in [7, 11) is 0. The molecule has 0 fully saturated rings. The maximum absolute atomic E-state index is 13.3. The molecule has 1 atom stereocenters. The molecule has 0 bridgehead atoms. The number of aryl methyl sites for hydroxylation is 1. The van der Waals surface area contributed by atoms with E-state index in [0.717, 1.165) is 23.4 Å². The molecule has 0 amide bonds. The highest BCUT2D eigenvalue weighted by Crippen LogP contribution is 2.31. The van der Waals surface area contributed by atoms with Crippen LogP contribution in [0, 0.1) is 5.82 Å². The van der Waals surface area contributed by atoms with Gasteiger partial charge in [-0.15, -0.1) is 0 Å². The molecule has 2 heteroatoms. The van der Waals surface area contributed by atoms with Gasteiger partial charge in [-0.1, -0.05) is 43.6 Å². The van der Waals surface area contributed by atoms with Gasteiger partial charge in [-0.3, -0.25) is 0 Å². The second-order valence-electron chi connectivity index (χ2n) is 4.71. The SMILES string of the molecule is CCc1cc(F)ccc1C(CC)c1ccc(Cl)cc1. The first-order chi connectivity index (χ1) is 9.15. The van der Waals surface area contributed by atoms with E-state index in [1.54, 1.807) is 12.1 Å². The Bertz CT molecular complexity index is 546. The van der Waals surface area contributed by atoms with Gasteiger partial charge in [0.25, 0.3) is 0 Å². The van der Waals surface area contributed by atoms with Crippen LogP contribution in [0.4, 0.5) is 4.39 Å². The molecule has 2 aromatic carbocycles. The van der Waals surface area contributed by atoms with Gasteiger partial charge in [0.2, 0.25) is 0 Å². The molecule has 0 aliphatic carbocycles. The van der Waals surface area contributed by atoms with E-state index in [-0.39, 0.29) is 5.82 Å². The second kappa shape index (κ2) is 6.21. The monoisotopic (exact) mass is 276 g/mol. The predicted octanol–water partition coefficient (Wildman–Crippen LogP) is 5.58. The van der Waals surface area contributed by atoms with Gasteiger partial charge in [-0.2, -0.15) is 0 Å². The maximum atomic E-state index is 13.3. The van der Waals surface area contributed by atoms with Crippen LogP contribution in [0.25, 0.3) is 0 Å². The smallest absolute Gasteiger partial charge is 0.123 e. The Morgan fingerprint density at radius 2 is 1.74 bits per heavy atom. The van der Waals surface area contributed by atoms with Crippen molar-refractivity contribution in [3.63, 3.8) is 0 Å². The lowest BCUT2D eigenvalue weighted by Crippen LogP contribution is -2.04. The van der Waals surface area contributed by atoms with Gasteiger partial charge in [0, 0.05) is 10.9 Å². The number of halogens is 2. The highest BCUT2D eigenvalue weighted by atomic mass is 35.5. The van der Waals surface area contributed by atoms with E-state index in [9.17, 15) is 4.39 Å². The van der Waals surface area contributed by atoms with Gasteiger partial charge in [0.15, 0.2) is 0 Å². The van der Waals surface area contributed by atoms with Gasteiger partial charge in [0.05, 0.1) is 0 Å². The van der Waals surface area contributed by atoms with E-state index in [4.69, 9.17) is 11.6 Å². The number of rotatable bonds is 4. The second-order valence-corrected chi connectivity index (χ2v) is 5.15. The zero-order valence-electron chi connectivity index (χ0n) is 11.3. The van der Waals surface area contributed by atoms with Crippen LogP contribution in [-0.4, -0.2) is 0 Å². The van der Waals surface area contributed by atoms with Crippen LogP contribution >= 0.6 is 11.6 Å². The van der Waals surface area contributed by atoms with Crippen LogP contribution in [0.3, 0.4) is 0 Å². The molecular weight excluding hydrogens is 259 g/mol. The molecule has 0 radical (unpaired) electrons. The summed E-state index contributed by atoms with van der Waals surface area (Å²) in [5, 5.41) is 0.744. The predicted molar refractivity (Wildman–Crippen MR) is 79.4 cm³/mol. The summed E-state index contributed by atoms with van der Waals surface area (Å²) in [5.74, 6) is 0.138. The fourth-order valence-electron chi connectivity index (χ4n) is 2.55. The van der Waals surface area contributed by atoms with Crippen LogP contribution in [0.2, 0.25) is 5.02 Å². The molecule has 0 saturated carbocycles. The van der Waals surface area contributed by atoms with Crippen molar-refractivity contribution < 1.29 is 4.39 Å². The van der Waals surface area contributed by atoms with Gasteiger partial charge < -0.3 is 0 Å². The van der Waals surface area contributed by atoms with Crippen molar-refractivity contribution in [1.29, 1.82) is 0 Å². The zero-order valence-corrected chi connectivity index (χ0v) is 12.0. The van der Waals surface area contributed by atoms with Gasteiger partial charge >= 0.3 is 0 Å². The molecule has 19 heavy (non-hydrogen) atoms. The standard InChI is InChI=1S/C17H18ClF/c1-3-12-11-15(19)9-10-17(12)16(4-2)13-5-7-14(18)8-6-13/h5-11,16H,3-4H2,1-2H3. The number of hydrogen-bond acceptors (Lipinski definition) is 0. The third-order valence-corrected chi connectivity index (χ3v) is 3.79. The lowest BCUT2D eigenvalue weighted by Gasteiger charge is -2.19. The first kappa shape index (κ1) is 14.1. The topological polar surface area (TPSA) is 0 Å². The number of benzene rings is 2. The summed E-state index contributed by atoms with van der Waals surface area (Å²) in [5.41, 5.74) is 3.53. The number of hydrogen-bond donors (Lipinski definition) is 0. The Kier molecular flexibility index (Phi) is 4.60. The molecule has 1 unspecified atom stereocenters. The lowest BCUT2D eigenvalue weighted by atomic mass is 9.85. The summed E-state index contributed by atoms with van der Waals surface area (Å²) in [6, 6.07) is 13.0. The van der Waals surface area contributed by atoms with E-state index < -0.39 is 0 Å². The first-order valence-electron chi connectivity index (χ1n) is 6.69. The molecule has 0 heterocycles. The molecule has 0 N–H and O–H groups in total. The fourth-order valence-corrected chi connectivity index (χ4v) is 2.68. The van der Waals surface area contributed by atoms with Gasteiger partial charge in [-0.05, 0) is 53.8 Å². The highest BCUT2D eigenvalue weighted by molar-refractivity contribution is 6.30. The Morgan fingerprint density at radius 3 is 2.32 bits per heavy atom. The first-order valence-corrected chi connectivity index (χ1v) is 7.07. The van der Waals surface area contributed by atoms with E-state index in [1.807, 2.05) is 18.2 Å². The van der Waals surface area contributed by atoms with Crippen molar-refractivity contribution in [1.82, 2.24) is 0 Å². The van der Waals surface area contributed by atoms with E-state index in [2.05, 4.69) is 26.0 Å². The van der Waals surface area contributed by atoms with Crippen LogP contribution < -0.4 is 0 Å². The summed E-state index contributed by atoms with van der Waals surface area (Å²) in [4.78, 5) is 0. The van der Waals surface area contributed by atoms with Crippen molar-refractivity contribution in [2.45, 2.75) is 32.6 Å². The van der Waals surface area contributed by atoms with Crippen molar-refractivity contribution in [3.8, 4) is 0 Å². The minimum atomic E-state index is -0.161. The van der Waals surface area contributed by atoms with Crippen LogP contribution in [0.5, 0.6) is 0 Å². The Labute approximate surface area is 119 Å². The fraction of sp³-hybridized carbons (Fsp3) is 0.294. The average molecular weight is 277 g/mol. The Balaban J connectivity index is 2.44. The summed E-state index contributed by atoms with van der Waals surface area (Å²) in [6.07, 6.45) is 1.83. The molecule has 2 rings (SSSR count). The third-order valence-electron chi connectivity index (χ3n) is 3.54. The molecule has 100 valence electrons. The van der Waals surface area contributed by atoms with Crippen molar-refractivity contribution in [2.75, 3.05) is 0 Å². The molecule has 0 saturated heterocycles. The molecule has 0 aromatic heterocycles. The van der Waals surface area contributed by atoms with Crippen molar-refractivity contribution in [2.24, 2.45) is 0 Å². The molecule has 2 aromatic rings. The Hall–Kier alpha value is -1.34. The van der Waals surface area contributed by atoms with E-state index >= 15 is 0 Å². The van der Waals surface area contributed by atoms with Gasteiger partial charge in [-0.25, -0.2) is 4.39 Å². The largest absolute Gasteiger partial charge is 0.207 e. The normalized spacial score (nSPS) is 12.4. The molecule has 0 nitrogen and oxygen atoms in total. The summed E-state index contributed by atoms with van der Waals surface area (Å²) >= 11 is 5.94. The van der Waals surface area contributed by atoms with Crippen LogP contribution in [-0.2, 0) is 6.42 Å². The average Bonchev–Trinajstić information content (AvgIpc) is 2.43. The minimum Gasteiger partial charge on any atom is -0.207 e. The van der Waals surface area contributed by atoms with E-state index in [0.29, 0.717) is 5.92 Å². The molecule has 0 spiro atoms. The third kappa shape index (κ3) is 3.16. The van der Waals surface area contributed by atoms with Crippen molar-refractivity contribution >= 4 is 11.6 Å². The summed E-state index contributed by atoms with van der Waals surface area (Å²) < 4.78 is 13.3. The van der Waals surface area contributed by atoms with E-state index in [1.165, 1.54) is 11.1 Å². The summed E-state index contributed by atoms with van der Waals surface area (Å²) in [6.45, 7) is 4.22. The lowest BCUT2D eigenvalue weighted by molar-refractivity contribution is 0.622. The zero-order chi connectivity index (χ0) is 13.8. The maximum Gasteiger partial charge on any atom is 0.123 e. The van der Waals surface area contributed by atoms with Crippen molar-refractivity contribution in [3.05, 3.63) is 70.0 Å². The quantitative estimate of drug-likeness (QED) is 0.683. The van der Waals surface area contributed by atoms with Crippen LogP contribution in [0.15, 0.2) is 42.5 Å². The van der Waals surface area contributed by atoms with Gasteiger partial charge in [0.1, 0.15) is 5.82 Å². The Morgan fingerprint density at radius 1 is 1.05 bits per heavy atom. The van der Waals surface area contributed by atoms with Crippen LogP contribution in [0.1, 0.15) is 42.9 Å². The molecule has 0 aliphatic rings. The molecule has 0 aliphatic heterocycles. The highest BCUT2D eigenvalue weighted by Gasteiger charge is 2.15.